The van der Waals surface area contributed by atoms with Crippen molar-refractivity contribution in [2.75, 3.05) is 5.32 Å². The Morgan fingerprint density at radius 3 is 2.14 bits per heavy atom. The van der Waals surface area contributed by atoms with Crippen molar-refractivity contribution in [2.24, 2.45) is 0 Å². The molecule has 2 unspecified atom stereocenters. The maximum Gasteiger partial charge on any atom is 0.408 e. The zero-order valence-electron chi connectivity index (χ0n) is 25.2. The van der Waals surface area contributed by atoms with Crippen molar-refractivity contribution in [3.63, 3.8) is 0 Å². The third kappa shape index (κ3) is 8.26. The highest BCUT2D eigenvalue weighted by Gasteiger charge is 2.39. The van der Waals surface area contributed by atoms with E-state index in [2.05, 4.69) is 10.6 Å². The topological polar surface area (TPSA) is 108 Å². The minimum absolute atomic E-state index is 0.105. The van der Waals surface area contributed by atoms with Crippen molar-refractivity contribution in [1.82, 2.24) is 10.2 Å². The summed E-state index contributed by atoms with van der Waals surface area (Å²) in [6.45, 7) is 12.3. The lowest BCUT2D eigenvalue weighted by atomic mass is 9.96. The summed E-state index contributed by atoms with van der Waals surface area (Å²) >= 11 is 6.43. The number of hydrogen-bond acceptors (Lipinski definition) is 5. The van der Waals surface area contributed by atoms with Gasteiger partial charge in [-0.2, -0.15) is 0 Å². The van der Waals surface area contributed by atoms with Crippen molar-refractivity contribution in [3.05, 3.63) is 94.0 Å². The van der Waals surface area contributed by atoms with Crippen LogP contribution in [-0.2, 0) is 20.7 Å². The van der Waals surface area contributed by atoms with Gasteiger partial charge >= 0.3 is 6.09 Å². The molecular weight excluding hydrogens is 554 g/mol. The predicted molar refractivity (Wildman–Crippen MR) is 166 cm³/mol. The molecule has 3 aromatic rings. The number of alkyl carbamates (subject to hydrolysis) is 1. The van der Waals surface area contributed by atoms with Gasteiger partial charge in [-0.1, -0.05) is 72.3 Å². The van der Waals surface area contributed by atoms with E-state index in [9.17, 15) is 19.5 Å². The molecular formula is C33H40ClN3O5. The largest absolute Gasteiger partial charge is 0.507 e. The summed E-state index contributed by atoms with van der Waals surface area (Å²) in [5.41, 5.74) is 1.95. The second kappa shape index (κ2) is 13.7. The van der Waals surface area contributed by atoms with Crippen LogP contribution in [0.2, 0.25) is 5.02 Å². The smallest absolute Gasteiger partial charge is 0.408 e. The Kier molecular flexibility index (Phi) is 10.6. The number of benzene rings is 3. The van der Waals surface area contributed by atoms with Gasteiger partial charge < -0.3 is 25.4 Å². The molecule has 0 aromatic heterocycles. The van der Waals surface area contributed by atoms with Crippen molar-refractivity contribution >= 4 is 35.2 Å². The third-order valence-electron chi connectivity index (χ3n) is 6.64. The molecule has 42 heavy (non-hydrogen) atoms. The number of halogens is 1. The highest BCUT2D eigenvalue weighted by molar-refractivity contribution is 6.34. The third-order valence-corrected chi connectivity index (χ3v) is 6.96. The molecule has 0 heterocycles. The number of carbonyl (C=O) groups excluding carboxylic acids is 3. The number of aryl methyl sites for hydroxylation is 2. The molecule has 0 aliphatic carbocycles. The highest BCUT2D eigenvalue weighted by Crippen LogP contribution is 2.35. The van der Waals surface area contributed by atoms with E-state index < -0.39 is 41.6 Å². The second-order valence-corrected chi connectivity index (χ2v) is 12.0. The molecule has 3 rings (SSSR count). The molecule has 8 nitrogen and oxygen atoms in total. The van der Waals surface area contributed by atoms with Crippen LogP contribution in [0.5, 0.6) is 5.75 Å². The van der Waals surface area contributed by atoms with Crippen LogP contribution < -0.4 is 10.6 Å². The van der Waals surface area contributed by atoms with E-state index in [-0.39, 0.29) is 17.7 Å². The Labute approximate surface area is 253 Å². The Balaban J connectivity index is 2.12. The first-order chi connectivity index (χ1) is 19.7. The van der Waals surface area contributed by atoms with Gasteiger partial charge in [0.05, 0.1) is 10.7 Å². The summed E-state index contributed by atoms with van der Waals surface area (Å²) in [7, 11) is 0. The van der Waals surface area contributed by atoms with Gasteiger partial charge in [-0.3, -0.25) is 9.59 Å². The summed E-state index contributed by atoms with van der Waals surface area (Å²) in [4.78, 5) is 42.9. The van der Waals surface area contributed by atoms with E-state index >= 15 is 0 Å². The zero-order chi connectivity index (χ0) is 31.2. The maximum absolute atomic E-state index is 14.5. The fourth-order valence-corrected chi connectivity index (χ4v) is 4.93. The number of rotatable bonds is 9. The van der Waals surface area contributed by atoms with Crippen LogP contribution in [0.1, 0.15) is 62.9 Å². The normalized spacial score (nSPS) is 12.8. The average Bonchev–Trinajstić information content (AvgIpc) is 2.90. The molecule has 3 N–H and O–H groups in total. The van der Waals surface area contributed by atoms with Crippen molar-refractivity contribution in [1.29, 1.82) is 0 Å². The van der Waals surface area contributed by atoms with Crippen LogP contribution in [0.25, 0.3) is 0 Å². The van der Waals surface area contributed by atoms with Gasteiger partial charge in [0.25, 0.3) is 5.91 Å². The Morgan fingerprint density at radius 1 is 0.929 bits per heavy atom. The van der Waals surface area contributed by atoms with Crippen LogP contribution in [0.4, 0.5) is 10.5 Å². The molecule has 2 atom stereocenters. The van der Waals surface area contributed by atoms with Gasteiger partial charge in [-0.05, 0) is 71.2 Å². The average molecular weight is 594 g/mol. The number of para-hydroxylation sites is 2. The first kappa shape index (κ1) is 32.5. The first-order valence-corrected chi connectivity index (χ1v) is 14.3. The number of amides is 3. The summed E-state index contributed by atoms with van der Waals surface area (Å²) in [5, 5.41) is 17.1. The number of ether oxygens (including phenoxy) is 1. The van der Waals surface area contributed by atoms with Crippen molar-refractivity contribution in [2.45, 2.75) is 78.6 Å². The predicted octanol–water partition coefficient (Wildman–Crippen LogP) is 6.72. The lowest BCUT2D eigenvalue weighted by Crippen LogP contribution is -2.55. The molecule has 0 saturated carbocycles. The van der Waals surface area contributed by atoms with Gasteiger partial charge in [0, 0.05) is 18.0 Å². The molecule has 0 bridgehead atoms. The van der Waals surface area contributed by atoms with Gasteiger partial charge in [0.1, 0.15) is 23.4 Å². The lowest BCUT2D eigenvalue weighted by Gasteiger charge is -2.37. The van der Waals surface area contributed by atoms with Crippen LogP contribution in [0.15, 0.2) is 66.7 Å². The Hall–Kier alpha value is -4.04. The molecule has 0 fully saturated rings. The van der Waals surface area contributed by atoms with Crippen LogP contribution in [0, 0.1) is 13.8 Å². The highest BCUT2D eigenvalue weighted by atomic mass is 35.5. The van der Waals surface area contributed by atoms with E-state index in [1.165, 1.54) is 4.90 Å². The zero-order valence-corrected chi connectivity index (χ0v) is 26.0. The Bertz CT molecular complexity index is 1400. The molecule has 224 valence electrons. The van der Waals surface area contributed by atoms with Crippen molar-refractivity contribution < 1.29 is 24.2 Å². The number of carbonyl (C=O) groups is 3. The first-order valence-electron chi connectivity index (χ1n) is 13.9. The summed E-state index contributed by atoms with van der Waals surface area (Å²) in [5.74, 6) is -1.19. The second-order valence-electron chi connectivity index (χ2n) is 11.6. The molecule has 0 spiro atoms. The SMILES string of the molecule is Cc1cccc(C(C(=O)Nc2c(C)cccc2Cl)N(C(=O)C(Cc2ccccc2)NC(=O)OC(C)(C)C)C(C)C)c1O. The number of nitrogens with one attached hydrogen (secondary N) is 2. The van der Waals surface area contributed by atoms with E-state index in [4.69, 9.17) is 16.3 Å². The monoisotopic (exact) mass is 593 g/mol. The maximum atomic E-state index is 14.5. The number of phenolic OH excluding ortho intramolecular Hbond substituents is 1. The fraction of sp³-hybridized carbons (Fsp3) is 0.364. The molecule has 3 aromatic carbocycles. The van der Waals surface area contributed by atoms with Crippen LogP contribution >= 0.6 is 11.6 Å². The lowest BCUT2D eigenvalue weighted by molar-refractivity contribution is -0.143. The molecule has 0 aliphatic heterocycles. The van der Waals surface area contributed by atoms with Crippen LogP contribution in [-0.4, -0.2) is 45.6 Å². The molecule has 0 saturated heterocycles. The number of nitrogens with zero attached hydrogens (tertiary/aromatic N) is 1. The summed E-state index contributed by atoms with van der Waals surface area (Å²) in [6, 6.07) is 16.7. The standard InChI is InChI=1S/C33H40ClN3O5/c1-20(2)37(31(40)26(19-23-15-9-8-10-16-23)35-32(41)42-33(5,6)7)28(24-17-11-14-22(4)29(24)38)30(39)36-27-21(3)13-12-18-25(27)34/h8-18,20,26,28,38H,19H2,1-7H3,(H,35,41)(H,36,39). The molecule has 3 amide bonds. The van der Waals surface area contributed by atoms with E-state index in [1.54, 1.807) is 71.9 Å². The van der Waals surface area contributed by atoms with E-state index in [0.29, 0.717) is 16.3 Å². The molecule has 0 radical (unpaired) electrons. The number of hydrogen-bond donors (Lipinski definition) is 3. The van der Waals surface area contributed by atoms with E-state index in [0.717, 1.165) is 11.1 Å². The Morgan fingerprint density at radius 2 is 1.55 bits per heavy atom. The summed E-state index contributed by atoms with van der Waals surface area (Å²) in [6.07, 6.45) is -0.605. The summed E-state index contributed by atoms with van der Waals surface area (Å²) < 4.78 is 5.47. The quantitative estimate of drug-likeness (QED) is 0.255. The molecule has 9 heteroatoms. The van der Waals surface area contributed by atoms with Gasteiger partial charge in [-0.25, -0.2) is 4.79 Å². The van der Waals surface area contributed by atoms with Gasteiger partial charge in [0.15, 0.2) is 0 Å². The van der Waals surface area contributed by atoms with Crippen LogP contribution in [0.3, 0.4) is 0 Å². The number of anilines is 1. The fourth-order valence-electron chi connectivity index (χ4n) is 4.66. The van der Waals surface area contributed by atoms with Gasteiger partial charge in [0.2, 0.25) is 5.91 Å². The van der Waals surface area contributed by atoms with Gasteiger partial charge in [-0.15, -0.1) is 0 Å². The van der Waals surface area contributed by atoms with E-state index in [1.807, 2.05) is 43.3 Å². The minimum Gasteiger partial charge on any atom is -0.507 e. The number of aromatic hydroxyl groups is 1. The van der Waals surface area contributed by atoms with Crippen molar-refractivity contribution in [3.8, 4) is 5.75 Å². The number of phenols is 1. The minimum atomic E-state index is -1.26. The molecule has 0 aliphatic rings.